The van der Waals surface area contributed by atoms with Crippen LogP contribution in [0.1, 0.15) is 64.6 Å². The summed E-state index contributed by atoms with van der Waals surface area (Å²) < 4.78 is 12.8. The van der Waals surface area contributed by atoms with Gasteiger partial charge in [0, 0.05) is 12.1 Å². The Morgan fingerprint density at radius 2 is 2.00 bits per heavy atom. The topological polar surface area (TPSA) is 24.9 Å². The van der Waals surface area contributed by atoms with Crippen molar-refractivity contribution < 1.29 is 4.39 Å². The van der Waals surface area contributed by atoms with E-state index in [1.807, 2.05) is 0 Å². The van der Waals surface area contributed by atoms with Crippen LogP contribution in [0.3, 0.4) is 0 Å². The van der Waals surface area contributed by atoms with Crippen LogP contribution in [0.2, 0.25) is 0 Å². The lowest BCUT2D eigenvalue weighted by Crippen LogP contribution is -2.31. The van der Waals surface area contributed by atoms with E-state index in [2.05, 4.69) is 31.1 Å². The minimum absolute atomic E-state index is 0.180. The van der Waals surface area contributed by atoms with Crippen LogP contribution in [0.25, 0.3) is 0 Å². The van der Waals surface area contributed by atoms with Gasteiger partial charge < -0.3 is 5.32 Å². The Morgan fingerprint density at radius 3 is 2.56 bits per heavy atom. The zero-order chi connectivity index (χ0) is 13.4. The van der Waals surface area contributed by atoms with Crippen molar-refractivity contribution in [3.05, 3.63) is 29.8 Å². The lowest BCUT2D eigenvalue weighted by atomic mass is 10.0. The van der Waals surface area contributed by atoms with E-state index in [1.165, 1.54) is 44.4 Å². The van der Waals surface area contributed by atoms with E-state index in [0.29, 0.717) is 6.04 Å². The second-order valence-corrected chi connectivity index (χ2v) is 4.92. The van der Waals surface area contributed by atoms with E-state index < -0.39 is 0 Å². The Balaban J connectivity index is 2.53. The van der Waals surface area contributed by atoms with Gasteiger partial charge in [0.15, 0.2) is 0 Å². The number of rotatable bonds is 8. The number of unbranched alkanes of at least 4 members (excludes halogenated alkanes) is 1. The monoisotopic (exact) mass is 252 g/mol. The minimum Gasteiger partial charge on any atom is -0.306 e. The van der Waals surface area contributed by atoms with Crippen LogP contribution in [0.5, 0.6) is 0 Å². The Labute approximate surface area is 110 Å². The molecule has 18 heavy (non-hydrogen) atoms. The highest BCUT2D eigenvalue weighted by Crippen LogP contribution is 2.15. The summed E-state index contributed by atoms with van der Waals surface area (Å²) in [6.07, 6.45) is 7.34. The number of nitrogens with zero attached hydrogens (tertiary/aromatic N) is 1. The Bertz CT molecular complexity index is 324. The normalized spacial score (nSPS) is 14.4. The smallest absolute Gasteiger partial charge is 0.141 e. The fourth-order valence-corrected chi connectivity index (χ4v) is 2.19. The highest BCUT2D eigenvalue weighted by atomic mass is 19.1. The van der Waals surface area contributed by atoms with Gasteiger partial charge in [-0.2, -0.15) is 0 Å². The van der Waals surface area contributed by atoms with Crippen molar-refractivity contribution in [1.82, 2.24) is 10.3 Å². The molecular weight excluding hydrogens is 227 g/mol. The predicted molar refractivity (Wildman–Crippen MR) is 74.0 cm³/mol. The van der Waals surface area contributed by atoms with Gasteiger partial charge in [0.25, 0.3) is 0 Å². The second kappa shape index (κ2) is 8.20. The maximum atomic E-state index is 12.8. The van der Waals surface area contributed by atoms with Crippen molar-refractivity contribution >= 4 is 0 Å². The minimum atomic E-state index is -0.276. The number of halogens is 1. The molecule has 1 aromatic heterocycles. The first kappa shape index (κ1) is 15.1. The Morgan fingerprint density at radius 1 is 1.22 bits per heavy atom. The summed E-state index contributed by atoms with van der Waals surface area (Å²) in [5.41, 5.74) is 0.911. The summed E-state index contributed by atoms with van der Waals surface area (Å²) >= 11 is 0. The van der Waals surface area contributed by atoms with Crippen LogP contribution in [0.15, 0.2) is 18.3 Å². The summed E-state index contributed by atoms with van der Waals surface area (Å²) in [4.78, 5) is 4.13. The summed E-state index contributed by atoms with van der Waals surface area (Å²) in [6.45, 7) is 6.52. The molecule has 0 saturated carbocycles. The van der Waals surface area contributed by atoms with Crippen LogP contribution in [0, 0.1) is 5.82 Å². The van der Waals surface area contributed by atoms with Gasteiger partial charge in [-0.15, -0.1) is 0 Å². The van der Waals surface area contributed by atoms with E-state index in [9.17, 15) is 4.39 Å². The average molecular weight is 252 g/mol. The van der Waals surface area contributed by atoms with Crippen molar-refractivity contribution in [2.75, 3.05) is 0 Å². The van der Waals surface area contributed by atoms with Crippen molar-refractivity contribution in [2.45, 2.75) is 65.0 Å². The van der Waals surface area contributed by atoms with Gasteiger partial charge in [0.2, 0.25) is 0 Å². The molecule has 2 atom stereocenters. The Hall–Kier alpha value is -0.960. The van der Waals surface area contributed by atoms with Gasteiger partial charge in [-0.1, -0.05) is 33.1 Å². The third kappa shape index (κ3) is 5.13. The van der Waals surface area contributed by atoms with E-state index >= 15 is 0 Å². The van der Waals surface area contributed by atoms with Crippen molar-refractivity contribution in [3.63, 3.8) is 0 Å². The molecule has 0 fully saturated rings. The van der Waals surface area contributed by atoms with Crippen LogP contribution < -0.4 is 5.32 Å². The molecule has 0 aromatic carbocycles. The quantitative estimate of drug-likeness (QED) is 0.749. The molecule has 0 aliphatic rings. The van der Waals surface area contributed by atoms with Crippen LogP contribution in [0.4, 0.5) is 4.39 Å². The van der Waals surface area contributed by atoms with Crippen molar-refractivity contribution in [2.24, 2.45) is 0 Å². The highest BCUT2D eigenvalue weighted by Gasteiger charge is 2.13. The largest absolute Gasteiger partial charge is 0.306 e. The van der Waals surface area contributed by atoms with Crippen LogP contribution in [-0.4, -0.2) is 11.0 Å². The van der Waals surface area contributed by atoms with Crippen molar-refractivity contribution in [3.8, 4) is 0 Å². The summed E-state index contributed by atoms with van der Waals surface area (Å²) in [5.74, 6) is -0.276. The van der Waals surface area contributed by atoms with Gasteiger partial charge in [-0.3, -0.25) is 4.98 Å². The van der Waals surface area contributed by atoms with E-state index in [0.717, 1.165) is 5.69 Å². The van der Waals surface area contributed by atoms with Gasteiger partial charge in [-0.25, -0.2) is 4.39 Å². The number of hydrogen-bond acceptors (Lipinski definition) is 2. The maximum Gasteiger partial charge on any atom is 0.141 e. The summed E-state index contributed by atoms with van der Waals surface area (Å²) in [6, 6.07) is 3.95. The van der Waals surface area contributed by atoms with Crippen molar-refractivity contribution in [1.29, 1.82) is 0 Å². The second-order valence-electron chi connectivity index (χ2n) is 4.92. The molecule has 1 aromatic rings. The zero-order valence-electron chi connectivity index (χ0n) is 11.7. The van der Waals surface area contributed by atoms with E-state index in [1.54, 1.807) is 6.07 Å². The molecule has 1 rings (SSSR count). The van der Waals surface area contributed by atoms with E-state index in [-0.39, 0.29) is 11.9 Å². The lowest BCUT2D eigenvalue weighted by Gasteiger charge is -2.22. The van der Waals surface area contributed by atoms with Crippen LogP contribution >= 0.6 is 0 Å². The van der Waals surface area contributed by atoms with Gasteiger partial charge >= 0.3 is 0 Å². The molecule has 0 spiro atoms. The predicted octanol–water partition coefficient (Wildman–Crippen LogP) is 4.23. The lowest BCUT2D eigenvalue weighted by molar-refractivity contribution is 0.392. The first-order valence-corrected chi connectivity index (χ1v) is 7.04. The molecule has 102 valence electrons. The molecule has 0 bridgehead atoms. The SMILES string of the molecule is CCCCC(CCC)NC(C)c1ccc(F)cn1. The molecule has 1 heterocycles. The fraction of sp³-hybridized carbons (Fsp3) is 0.667. The summed E-state index contributed by atoms with van der Waals surface area (Å²) in [7, 11) is 0. The standard InChI is InChI=1S/C15H25FN2/c1-4-6-8-14(7-5-2)18-12(3)15-10-9-13(16)11-17-15/h9-12,14,18H,4-8H2,1-3H3. The summed E-state index contributed by atoms with van der Waals surface area (Å²) in [5, 5.41) is 3.60. The Kier molecular flexibility index (Phi) is 6.88. The van der Waals surface area contributed by atoms with Crippen LogP contribution in [-0.2, 0) is 0 Å². The molecule has 0 saturated heterocycles. The molecule has 2 unspecified atom stereocenters. The van der Waals surface area contributed by atoms with Gasteiger partial charge in [-0.05, 0) is 31.9 Å². The number of hydrogen-bond donors (Lipinski definition) is 1. The van der Waals surface area contributed by atoms with Gasteiger partial charge in [0.05, 0.1) is 11.9 Å². The molecule has 3 heteroatoms. The highest BCUT2D eigenvalue weighted by molar-refractivity contribution is 5.09. The first-order chi connectivity index (χ1) is 8.67. The number of pyridine rings is 1. The molecule has 1 N–H and O–H groups in total. The third-order valence-corrected chi connectivity index (χ3v) is 3.22. The van der Waals surface area contributed by atoms with E-state index in [4.69, 9.17) is 0 Å². The third-order valence-electron chi connectivity index (χ3n) is 3.22. The molecule has 0 radical (unpaired) electrons. The molecular formula is C15H25FN2. The number of nitrogens with one attached hydrogen (secondary N) is 1. The first-order valence-electron chi connectivity index (χ1n) is 7.04. The molecule has 0 aliphatic carbocycles. The van der Waals surface area contributed by atoms with Gasteiger partial charge in [0.1, 0.15) is 5.82 Å². The zero-order valence-corrected chi connectivity index (χ0v) is 11.7. The molecule has 2 nitrogen and oxygen atoms in total. The maximum absolute atomic E-state index is 12.8. The molecule has 0 amide bonds. The average Bonchev–Trinajstić information content (AvgIpc) is 2.37. The fourth-order valence-electron chi connectivity index (χ4n) is 2.19. The molecule has 0 aliphatic heterocycles. The number of aromatic nitrogens is 1.